The number of carbonyl (C=O) groups excluding carboxylic acids is 1. The normalized spacial score (nSPS) is 16.8. The second-order valence-corrected chi connectivity index (χ2v) is 8.38. The van der Waals surface area contributed by atoms with E-state index >= 15 is 0 Å². The van der Waals surface area contributed by atoms with Crippen LogP contribution in [0.5, 0.6) is 5.75 Å². The molecule has 1 saturated heterocycles. The average Bonchev–Trinajstić information content (AvgIpc) is 2.71. The van der Waals surface area contributed by atoms with Crippen LogP contribution in [-0.2, 0) is 4.79 Å². The summed E-state index contributed by atoms with van der Waals surface area (Å²) in [5.41, 5.74) is 11.1. The number of piperidine rings is 1. The van der Waals surface area contributed by atoms with Crippen LogP contribution in [0.2, 0.25) is 0 Å². The van der Waals surface area contributed by atoms with Crippen molar-refractivity contribution in [3.05, 3.63) is 22.3 Å². The quantitative estimate of drug-likeness (QED) is 0.716. The van der Waals surface area contributed by atoms with Crippen LogP contribution in [-0.4, -0.2) is 54.5 Å². The number of benzene rings is 1. The monoisotopic (exact) mass is 389 g/mol. The lowest BCUT2D eigenvalue weighted by atomic mass is 9.97. The number of ether oxygens (including phenoxy) is 1. The fourth-order valence-electron chi connectivity index (χ4n) is 4.09. The Bertz CT molecular complexity index is 665. The zero-order valence-electron chi connectivity index (χ0n) is 18.9. The zero-order valence-corrected chi connectivity index (χ0v) is 18.9. The van der Waals surface area contributed by atoms with Gasteiger partial charge in [0.2, 0.25) is 0 Å². The summed E-state index contributed by atoms with van der Waals surface area (Å²) in [7, 11) is 1.92. The summed E-state index contributed by atoms with van der Waals surface area (Å²) in [5.74, 6) is 0.853. The molecule has 5 heteroatoms. The molecular weight excluding hydrogens is 350 g/mol. The standard InChI is InChI=1S/C23H39N3O2/c1-8-9-12-26-13-10-20(11-14-26)25(7)23(27)19(6)28-22-17(4)15(2)21(24)16(3)18(22)5/h19-20H,8-14,24H2,1-7H3. The summed E-state index contributed by atoms with van der Waals surface area (Å²) in [6.45, 7) is 15.5. The Labute approximate surface area is 171 Å². The number of rotatable bonds is 7. The number of unbranched alkanes of at least 4 members (excludes halogenated alkanes) is 1. The largest absolute Gasteiger partial charge is 0.480 e. The molecule has 5 nitrogen and oxygen atoms in total. The van der Waals surface area contributed by atoms with Crippen LogP contribution in [0.1, 0.15) is 61.8 Å². The Morgan fingerprint density at radius 2 is 1.68 bits per heavy atom. The maximum Gasteiger partial charge on any atom is 0.263 e. The molecule has 1 aromatic carbocycles. The van der Waals surface area contributed by atoms with Crippen molar-refractivity contribution < 1.29 is 9.53 Å². The molecule has 0 saturated carbocycles. The first kappa shape index (κ1) is 22.5. The molecule has 1 fully saturated rings. The summed E-state index contributed by atoms with van der Waals surface area (Å²) in [5, 5.41) is 0. The summed E-state index contributed by atoms with van der Waals surface area (Å²) in [6, 6.07) is 0.300. The highest BCUT2D eigenvalue weighted by Crippen LogP contribution is 2.34. The van der Waals surface area contributed by atoms with E-state index in [0.717, 1.165) is 59.6 Å². The lowest BCUT2D eigenvalue weighted by Crippen LogP contribution is -2.49. The maximum atomic E-state index is 13.0. The average molecular weight is 390 g/mol. The van der Waals surface area contributed by atoms with E-state index in [9.17, 15) is 4.79 Å². The van der Waals surface area contributed by atoms with Crippen molar-refractivity contribution in [2.45, 2.75) is 79.4 Å². The van der Waals surface area contributed by atoms with E-state index in [1.807, 2.05) is 46.6 Å². The number of hydrogen-bond donors (Lipinski definition) is 1. The molecule has 0 aromatic heterocycles. The molecule has 1 atom stereocenters. The van der Waals surface area contributed by atoms with E-state index in [0.29, 0.717) is 6.04 Å². The van der Waals surface area contributed by atoms with Gasteiger partial charge in [-0.15, -0.1) is 0 Å². The maximum absolute atomic E-state index is 13.0. The van der Waals surface area contributed by atoms with Crippen LogP contribution >= 0.6 is 0 Å². The minimum absolute atomic E-state index is 0.0536. The Hall–Kier alpha value is -1.75. The van der Waals surface area contributed by atoms with E-state index in [-0.39, 0.29) is 5.91 Å². The molecule has 2 rings (SSSR count). The van der Waals surface area contributed by atoms with Crippen LogP contribution in [0.3, 0.4) is 0 Å². The van der Waals surface area contributed by atoms with E-state index in [2.05, 4.69) is 11.8 Å². The van der Waals surface area contributed by atoms with Gasteiger partial charge in [-0.25, -0.2) is 0 Å². The van der Waals surface area contributed by atoms with Gasteiger partial charge in [0.15, 0.2) is 6.10 Å². The Morgan fingerprint density at radius 1 is 1.14 bits per heavy atom. The number of carbonyl (C=O) groups is 1. The number of likely N-dealkylation sites (N-methyl/N-ethyl adjacent to an activating group) is 1. The zero-order chi connectivity index (χ0) is 21.0. The van der Waals surface area contributed by atoms with E-state index in [1.54, 1.807) is 0 Å². The molecule has 0 radical (unpaired) electrons. The van der Waals surface area contributed by atoms with Crippen LogP contribution < -0.4 is 10.5 Å². The number of hydrogen-bond acceptors (Lipinski definition) is 4. The van der Waals surface area contributed by atoms with Crippen molar-refractivity contribution in [3.8, 4) is 5.75 Å². The third-order valence-corrected chi connectivity index (χ3v) is 6.54. The molecular formula is C23H39N3O2. The fraction of sp³-hybridized carbons (Fsp3) is 0.696. The van der Waals surface area contributed by atoms with Crippen LogP contribution in [0.15, 0.2) is 0 Å². The van der Waals surface area contributed by atoms with Gasteiger partial charge < -0.3 is 20.3 Å². The van der Waals surface area contributed by atoms with Crippen LogP contribution in [0, 0.1) is 27.7 Å². The summed E-state index contributed by atoms with van der Waals surface area (Å²) in [4.78, 5) is 17.4. The first-order valence-electron chi connectivity index (χ1n) is 10.7. The SMILES string of the molecule is CCCCN1CCC(N(C)C(=O)C(C)Oc2c(C)c(C)c(N)c(C)c2C)CC1. The van der Waals surface area contributed by atoms with Gasteiger partial charge in [0.1, 0.15) is 5.75 Å². The smallest absolute Gasteiger partial charge is 0.263 e. The highest BCUT2D eigenvalue weighted by Gasteiger charge is 2.29. The minimum atomic E-state index is -0.511. The Kier molecular flexibility index (Phi) is 7.76. The molecule has 2 N–H and O–H groups in total. The molecule has 28 heavy (non-hydrogen) atoms. The highest BCUT2D eigenvalue weighted by molar-refractivity contribution is 5.81. The van der Waals surface area contributed by atoms with Gasteiger partial charge in [-0.1, -0.05) is 13.3 Å². The number of nitrogen functional groups attached to an aromatic ring is 1. The molecule has 1 aromatic rings. The summed E-state index contributed by atoms with van der Waals surface area (Å²) in [6.07, 6.45) is 4.05. The van der Waals surface area contributed by atoms with Crippen molar-refractivity contribution in [2.75, 3.05) is 32.4 Å². The topological polar surface area (TPSA) is 58.8 Å². The molecule has 0 aliphatic carbocycles. The van der Waals surface area contributed by atoms with Gasteiger partial charge in [-0.3, -0.25) is 4.79 Å². The number of amides is 1. The van der Waals surface area contributed by atoms with E-state index in [1.165, 1.54) is 19.4 Å². The predicted octanol–water partition coefficient (Wildman–Crippen LogP) is 3.99. The molecule has 1 amide bonds. The van der Waals surface area contributed by atoms with Gasteiger partial charge in [0.05, 0.1) is 0 Å². The molecule has 0 spiro atoms. The van der Waals surface area contributed by atoms with Crippen molar-refractivity contribution in [1.82, 2.24) is 9.80 Å². The first-order valence-corrected chi connectivity index (χ1v) is 10.7. The van der Waals surface area contributed by atoms with Gasteiger partial charge >= 0.3 is 0 Å². The Morgan fingerprint density at radius 3 is 2.18 bits per heavy atom. The van der Waals surface area contributed by atoms with Gasteiger partial charge in [-0.2, -0.15) is 0 Å². The van der Waals surface area contributed by atoms with E-state index < -0.39 is 6.10 Å². The first-order chi connectivity index (χ1) is 13.2. The highest BCUT2D eigenvalue weighted by atomic mass is 16.5. The second-order valence-electron chi connectivity index (χ2n) is 8.38. The molecule has 1 heterocycles. The molecule has 1 unspecified atom stereocenters. The van der Waals surface area contributed by atoms with Crippen molar-refractivity contribution in [1.29, 1.82) is 0 Å². The number of likely N-dealkylation sites (tertiary alicyclic amines) is 1. The number of anilines is 1. The number of nitrogens with zero attached hydrogens (tertiary/aromatic N) is 2. The minimum Gasteiger partial charge on any atom is -0.480 e. The van der Waals surface area contributed by atoms with Crippen LogP contribution in [0.4, 0.5) is 5.69 Å². The predicted molar refractivity (Wildman–Crippen MR) is 117 cm³/mol. The van der Waals surface area contributed by atoms with Gasteiger partial charge in [-0.05, 0) is 82.7 Å². The lowest BCUT2D eigenvalue weighted by molar-refractivity contribution is -0.139. The lowest BCUT2D eigenvalue weighted by Gasteiger charge is -2.37. The third kappa shape index (κ3) is 4.80. The van der Waals surface area contributed by atoms with E-state index in [4.69, 9.17) is 10.5 Å². The fourth-order valence-corrected chi connectivity index (χ4v) is 4.09. The van der Waals surface area contributed by atoms with Crippen molar-refractivity contribution in [2.24, 2.45) is 0 Å². The molecule has 0 bridgehead atoms. The summed E-state index contributed by atoms with van der Waals surface area (Å²) < 4.78 is 6.18. The van der Waals surface area contributed by atoms with Crippen molar-refractivity contribution >= 4 is 11.6 Å². The Balaban J connectivity index is 2.02. The van der Waals surface area contributed by atoms with Crippen LogP contribution in [0.25, 0.3) is 0 Å². The van der Waals surface area contributed by atoms with Gasteiger partial charge in [0, 0.05) is 31.9 Å². The molecule has 1 aliphatic heterocycles. The third-order valence-electron chi connectivity index (χ3n) is 6.54. The van der Waals surface area contributed by atoms with Gasteiger partial charge in [0.25, 0.3) is 5.91 Å². The van der Waals surface area contributed by atoms with Crippen molar-refractivity contribution in [3.63, 3.8) is 0 Å². The molecule has 158 valence electrons. The number of nitrogens with two attached hydrogens (primary N) is 1. The summed E-state index contributed by atoms with van der Waals surface area (Å²) >= 11 is 0. The molecule has 1 aliphatic rings. The second kappa shape index (κ2) is 9.64.